The Morgan fingerprint density at radius 1 is 1.08 bits per heavy atom. The Balaban J connectivity index is 1.92. The van der Waals surface area contributed by atoms with Gasteiger partial charge in [0.1, 0.15) is 5.69 Å². The van der Waals surface area contributed by atoms with E-state index >= 15 is 0 Å². The van der Waals surface area contributed by atoms with E-state index in [0.717, 1.165) is 28.8 Å². The number of carboxylic acids is 1. The number of rotatable bonds is 3. The Kier molecular flexibility index (Phi) is 4.67. The zero-order chi connectivity index (χ0) is 18.9. The van der Waals surface area contributed by atoms with Gasteiger partial charge in [0.15, 0.2) is 0 Å². The van der Waals surface area contributed by atoms with Crippen LogP contribution in [0.2, 0.25) is 0 Å². The number of aliphatic carboxylic acids is 1. The van der Waals surface area contributed by atoms with Crippen molar-refractivity contribution in [1.82, 2.24) is 9.88 Å². The molecular weight excluding hydrogens is 349 g/mol. The molecule has 1 aliphatic heterocycles. The molecule has 26 heavy (non-hydrogen) atoms. The van der Waals surface area contributed by atoms with Gasteiger partial charge in [-0.1, -0.05) is 30.3 Å². The van der Waals surface area contributed by atoms with Gasteiger partial charge < -0.3 is 10.0 Å². The average Bonchev–Trinajstić information content (AvgIpc) is 3.07. The van der Waals surface area contributed by atoms with Gasteiger partial charge in [0, 0.05) is 25.2 Å². The molecule has 136 valence electrons. The Labute approximate surface area is 147 Å². The van der Waals surface area contributed by atoms with E-state index in [4.69, 9.17) is 0 Å². The lowest BCUT2D eigenvalue weighted by Crippen LogP contribution is -2.32. The number of carbonyl (C=O) groups is 2. The van der Waals surface area contributed by atoms with Crippen LogP contribution in [-0.2, 0) is 11.0 Å². The summed E-state index contributed by atoms with van der Waals surface area (Å²) >= 11 is 0. The number of alkyl halides is 3. The van der Waals surface area contributed by atoms with Gasteiger partial charge in [-0.2, -0.15) is 13.2 Å². The number of hydrogen-bond donors (Lipinski definition) is 1. The van der Waals surface area contributed by atoms with Crippen molar-refractivity contribution < 1.29 is 27.9 Å². The molecule has 8 heteroatoms. The highest BCUT2D eigenvalue weighted by Crippen LogP contribution is 2.36. The first-order valence-electron chi connectivity index (χ1n) is 7.88. The number of likely N-dealkylation sites (tertiary alicyclic amines) is 1. The van der Waals surface area contributed by atoms with Crippen molar-refractivity contribution in [3.8, 4) is 0 Å². The molecule has 2 unspecified atom stereocenters. The normalized spacial score (nSPS) is 20.2. The van der Waals surface area contributed by atoms with Gasteiger partial charge in [0.25, 0.3) is 5.91 Å². The van der Waals surface area contributed by atoms with Gasteiger partial charge in [0.05, 0.1) is 11.5 Å². The Hall–Kier alpha value is -2.90. The zero-order valence-corrected chi connectivity index (χ0v) is 13.5. The van der Waals surface area contributed by atoms with Gasteiger partial charge in [-0.3, -0.25) is 14.6 Å². The number of nitrogens with zero attached hydrogens (tertiary/aromatic N) is 2. The maximum Gasteiger partial charge on any atom is 0.418 e. The molecule has 1 saturated heterocycles. The molecule has 0 spiro atoms. The van der Waals surface area contributed by atoms with Crippen LogP contribution in [0.3, 0.4) is 0 Å². The topological polar surface area (TPSA) is 70.5 Å². The van der Waals surface area contributed by atoms with Crippen molar-refractivity contribution in [2.75, 3.05) is 13.1 Å². The third kappa shape index (κ3) is 3.40. The molecule has 5 nitrogen and oxygen atoms in total. The molecule has 1 aromatic carbocycles. The van der Waals surface area contributed by atoms with Crippen molar-refractivity contribution in [3.63, 3.8) is 0 Å². The van der Waals surface area contributed by atoms with Gasteiger partial charge in [-0.05, 0) is 17.7 Å². The summed E-state index contributed by atoms with van der Waals surface area (Å²) in [5, 5.41) is 9.47. The first-order chi connectivity index (χ1) is 12.3. The third-order valence-electron chi connectivity index (χ3n) is 4.47. The zero-order valence-electron chi connectivity index (χ0n) is 13.5. The second-order valence-electron chi connectivity index (χ2n) is 6.07. The molecule has 1 N–H and O–H groups in total. The summed E-state index contributed by atoms with van der Waals surface area (Å²) in [5.41, 5.74) is -1.11. The highest BCUT2D eigenvalue weighted by Gasteiger charge is 2.43. The monoisotopic (exact) mass is 364 g/mol. The van der Waals surface area contributed by atoms with Crippen LogP contribution in [0.4, 0.5) is 13.2 Å². The predicted octanol–water partition coefficient (Wildman–Crippen LogP) is 3.04. The Morgan fingerprint density at radius 2 is 1.77 bits per heavy atom. The molecule has 1 amide bonds. The molecule has 2 aromatic rings. The molecule has 1 aliphatic rings. The standard InChI is InChI=1S/C18H15F3N2O3/c19-18(20,21)14-7-4-8-22-15(14)16(24)23-9-12(13(10-23)17(25)26)11-5-2-1-3-6-11/h1-8,12-13H,9-10H2,(H,25,26). The lowest BCUT2D eigenvalue weighted by Gasteiger charge is -2.18. The van der Waals surface area contributed by atoms with E-state index in [1.165, 1.54) is 0 Å². The van der Waals surface area contributed by atoms with E-state index in [1.54, 1.807) is 30.3 Å². The fourth-order valence-electron chi connectivity index (χ4n) is 3.21. The average molecular weight is 364 g/mol. The van der Waals surface area contributed by atoms with E-state index in [0.29, 0.717) is 0 Å². The van der Waals surface area contributed by atoms with Crippen LogP contribution >= 0.6 is 0 Å². The summed E-state index contributed by atoms with van der Waals surface area (Å²) in [4.78, 5) is 28.9. The Bertz CT molecular complexity index is 824. The molecule has 1 aromatic heterocycles. The van der Waals surface area contributed by atoms with E-state index in [2.05, 4.69) is 4.98 Å². The van der Waals surface area contributed by atoms with Crippen LogP contribution in [0, 0.1) is 5.92 Å². The van der Waals surface area contributed by atoms with E-state index in [9.17, 15) is 27.9 Å². The molecule has 1 fully saturated rings. The number of pyridine rings is 1. The number of carboxylic acid groups (broad SMARTS) is 1. The number of amides is 1. The summed E-state index contributed by atoms with van der Waals surface area (Å²) in [6.45, 7) is -0.144. The van der Waals surface area contributed by atoms with E-state index < -0.39 is 41.1 Å². The molecule has 2 heterocycles. The van der Waals surface area contributed by atoms with Gasteiger partial charge in [-0.25, -0.2) is 0 Å². The minimum absolute atomic E-state index is 0.0215. The molecule has 0 saturated carbocycles. The number of benzene rings is 1. The summed E-state index contributed by atoms with van der Waals surface area (Å²) in [7, 11) is 0. The van der Waals surface area contributed by atoms with Crippen LogP contribution in [-0.4, -0.2) is 40.0 Å². The van der Waals surface area contributed by atoms with Gasteiger partial charge in [0.2, 0.25) is 0 Å². The SMILES string of the molecule is O=C(O)C1CN(C(=O)c2ncccc2C(F)(F)F)CC1c1ccccc1. The highest BCUT2D eigenvalue weighted by molar-refractivity contribution is 5.94. The third-order valence-corrected chi connectivity index (χ3v) is 4.47. The number of hydrogen-bond acceptors (Lipinski definition) is 3. The quantitative estimate of drug-likeness (QED) is 0.909. The van der Waals surface area contributed by atoms with Crippen molar-refractivity contribution in [2.24, 2.45) is 5.92 Å². The van der Waals surface area contributed by atoms with Gasteiger partial charge in [-0.15, -0.1) is 0 Å². The van der Waals surface area contributed by atoms with Crippen LogP contribution in [0.15, 0.2) is 48.7 Å². The second kappa shape index (κ2) is 6.78. The summed E-state index contributed by atoms with van der Waals surface area (Å²) in [6, 6.07) is 10.7. The summed E-state index contributed by atoms with van der Waals surface area (Å²) < 4.78 is 39.4. The van der Waals surface area contributed by atoms with E-state index in [1.807, 2.05) is 0 Å². The molecule has 3 rings (SSSR count). The first kappa shape index (κ1) is 17.9. The molecule has 0 bridgehead atoms. The number of aromatic nitrogens is 1. The first-order valence-corrected chi connectivity index (χ1v) is 7.88. The molecular formula is C18H15F3N2O3. The van der Waals surface area contributed by atoms with Crippen LogP contribution < -0.4 is 0 Å². The van der Waals surface area contributed by atoms with Gasteiger partial charge >= 0.3 is 12.1 Å². The predicted molar refractivity (Wildman–Crippen MR) is 85.5 cm³/mol. The largest absolute Gasteiger partial charge is 0.481 e. The summed E-state index contributed by atoms with van der Waals surface area (Å²) in [6.07, 6.45) is -3.61. The fraction of sp³-hybridized carbons (Fsp3) is 0.278. The molecule has 0 radical (unpaired) electrons. The smallest absolute Gasteiger partial charge is 0.418 e. The van der Waals surface area contributed by atoms with Crippen LogP contribution in [0.25, 0.3) is 0 Å². The summed E-state index contributed by atoms with van der Waals surface area (Å²) in [5.74, 6) is -3.39. The Morgan fingerprint density at radius 3 is 2.38 bits per heavy atom. The minimum atomic E-state index is -4.72. The number of carbonyl (C=O) groups excluding carboxylic acids is 1. The molecule has 0 aliphatic carbocycles. The maximum atomic E-state index is 13.1. The minimum Gasteiger partial charge on any atom is -0.481 e. The maximum absolute atomic E-state index is 13.1. The van der Waals surface area contributed by atoms with Crippen molar-refractivity contribution >= 4 is 11.9 Å². The van der Waals surface area contributed by atoms with Crippen molar-refractivity contribution in [1.29, 1.82) is 0 Å². The lowest BCUT2D eigenvalue weighted by atomic mass is 9.89. The van der Waals surface area contributed by atoms with Crippen molar-refractivity contribution in [3.05, 3.63) is 65.5 Å². The van der Waals surface area contributed by atoms with Crippen LogP contribution in [0.1, 0.15) is 27.5 Å². The lowest BCUT2D eigenvalue weighted by molar-refractivity contribution is -0.142. The second-order valence-corrected chi connectivity index (χ2v) is 6.07. The number of halogens is 3. The van der Waals surface area contributed by atoms with E-state index in [-0.39, 0.29) is 13.1 Å². The molecule has 2 atom stereocenters. The van der Waals surface area contributed by atoms with Crippen molar-refractivity contribution in [2.45, 2.75) is 12.1 Å². The highest BCUT2D eigenvalue weighted by atomic mass is 19.4. The fourth-order valence-corrected chi connectivity index (χ4v) is 3.21. The van der Waals surface area contributed by atoms with Crippen LogP contribution in [0.5, 0.6) is 0 Å².